The van der Waals surface area contributed by atoms with Crippen molar-refractivity contribution in [2.45, 2.75) is 11.3 Å². The van der Waals surface area contributed by atoms with Crippen molar-refractivity contribution in [2.24, 2.45) is 0 Å². The number of hydrogen-bond acceptors (Lipinski definition) is 3. The smallest absolute Gasteiger partial charge is 0.244 e. The van der Waals surface area contributed by atoms with E-state index in [1.807, 2.05) is 30.3 Å². The first-order valence-electron chi connectivity index (χ1n) is 8.15. The SMILES string of the molecule is O=C(Cc1ccccc1)N1CCN(S(=O)(=O)c2ccc(Br)cc2Cl)CC1. The van der Waals surface area contributed by atoms with Crippen molar-refractivity contribution >= 4 is 43.5 Å². The third kappa shape index (κ3) is 4.28. The predicted molar refractivity (Wildman–Crippen MR) is 105 cm³/mol. The van der Waals surface area contributed by atoms with E-state index in [0.29, 0.717) is 19.5 Å². The maximum atomic E-state index is 12.8. The maximum absolute atomic E-state index is 12.8. The van der Waals surface area contributed by atoms with Gasteiger partial charge in [-0.15, -0.1) is 0 Å². The van der Waals surface area contributed by atoms with Gasteiger partial charge in [0.25, 0.3) is 0 Å². The van der Waals surface area contributed by atoms with Crippen LogP contribution < -0.4 is 0 Å². The maximum Gasteiger partial charge on any atom is 0.244 e. The first-order chi connectivity index (χ1) is 12.4. The summed E-state index contributed by atoms with van der Waals surface area (Å²) in [5, 5.41) is 0.182. The fourth-order valence-corrected chi connectivity index (χ4v) is 5.32. The molecule has 0 unspecified atom stereocenters. The van der Waals surface area contributed by atoms with E-state index in [-0.39, 0.29) is 28.9 Å². The molecule has 0 spiro atoms. The fourth-order valence-electron chi connectivity index (χ4n) is 2.88. The van der Waals surface area contributed by atoms with Gasteiger partial charge in [-0.3, -0.25) is 4.79 Å². The molecule has 26 heavy (non-hydrogen) atoms. The summed E-state index contributed by atoms with van der Waals surface area (Å²) in [6.07, 6.45) is 0.326. The molecular weight excluding hydrogens is 440 g/mol. The van der Waals surface area contributed by atoms with E-state index in [1.165, 1.54) is 10.4 Å². The Labute approximate surface area is 166 Å². The van der Waals surface area contributed by atoms with Crippen LogP contribution in [0.5, 0.6) is 0 Å². The van der Waals surface area contributed by atoms with Crippen LogP contribution in [0.1, 0.15) is 5.56 Å². The van der Waals surface area contributed by atoms with Crippen molar-refractivity contribution in [3.05, 3.63) is 63.6 Å². The van der Waals surface area contributed by atoms with E-state index in [1.54, 1.807) is 17.0 Å². The number of carbonyl (C=O) groups excluding carboxylic acids is 1. The van der Waals surface area contributed by atoms with E-state index in [9.17, 15) is 13.2 Å². The summed E-state index contributed by atoms with van der Waals surface area (Å²) in [7, 11) is -3.67. The number of sulfonamides is 1. The lowest BCUT2D eigenvalue weighted by Gasteiger charge is -2.34. The highest BCUT2D eigenvalue weighted by atomic mass is 79.9. The minimum Gasteiger partial charge on any atom is -0.340 e. The second-order valence-corrected chi connectivity index (χ2v) is 9.25. The average molecular weight is 458 g/mol. The molecule has 8 heteroatoms. The molecule has 1 saturated heterocycles. The van der Waals surface area contributed by atoms with Gasteiger partial charge in [0.15, 0.2) is 0 Å². The largest absolute Gasteiger partial charge is 0.340 e. The molecule has 0 aliphatic carbocycles. The average Bonchev–Trinajstić information content (AvgIpc) is 2.62. The van der Waals surface area contributed by atoms with Crippen molar-refractivity contribution < 1.29 is 13.2 Å². The lowest BCUT2D eigenvalue weighted by Crippen LogP contribution is -2.50. The van der Waals surface area contributed by atoms with Crippen LogP contribution in [0.4, 0.5) is 0 Å². The van der Waals surface area contributed by atoms with Crippen molar-refractivity contribution in [3.63, 3.8) is 0 Å². The predicted octanol–water partition coefficient (Wildman–Crippen LogP) is 3.18. The third-order valence-electron chi connectivity index (χ3n) is 4.30. The van der Waals surface area contributed by atoms with E-state index in [2.05, 4.69) is 15.9 Å². The molecule has 0 aromatic heterocycles. The van der Waals surface area contributed by atoms with Crippen LogP contribution >= 0.6 is 27.5 Å². The fraction of sp³-hybridized carbons (Fsp3) is 0.278. The van der Waals surface area contributed by atoms with Gasteiger partial charge in [0.05, 0.1) is 11.4 Å². The second-order valence-electron chi connectivity index (χ2n) is 6.02. The zero-order chi connectivity index (χ0) is 18.7. The van der Waals surface area contributed by atoms with Crippen molar-refractivity contribution in [2.75, 3.05) is 26.2 Å². The number of nitrogens with zero attached hydrogens (tertiary/aromatic N) is 2. The summed E-state index contributed by atoms with van der Waals surface area (Å²) in [6.45, 7) is 1.27. The molecule has 1 amide bonds. The summed E-state index contributed by atoms with van der Waals surface area (Å²) in [5.74, 6) is 0.00919. The molecule has 1 aliphatic rings. The quantitative estimate of drug-likeness (QED) is 0.708. The Hall–Kier alpha value is -1.41. The van der Waals surface area contributed by atoms with Crippen LogP contribution in [-0.4, -0.2) is 49.7 Å². The number of carbonyl (C=O) groups is 1. The number of halogens is 2. The van der Waals surface area contributed by atoms with E-state index in [4.69, 9.17) is 11.6 Å². The Morgan fingerprint density at radius 2 is 1.69 bits per heavy atom. The van der Waals surface area contributed by atoms with Crippen LogP contribution in [-0.2, 0) is 21.2 Å². The van der Waals surface area contributed by atoms with Gasteiger partial charge in [0.2, 0.25) is 15.9 Å². The molecule has 0 radical (unpaired) electrons. The first-order valence-corrected chi connectivity index (χ1v) is 10.8. The molecule has 0 bridgehead atoms. The van der Waals surface area contributed by atoms with E-state index >= 15 is 0 Å². The van der Waals surface area contributed by atoms with Gasteiger partial charge in [-0.05, 0) is 23.8 Å². The van der Waals surface area contributed by atoms with Crippen molar-refractivity contribution in [1.82, 2.24) is 9.21 Å². The molecule has 5 nitrogen and oxygen atoms in total. The molecule has 138 valence electrons. The van der Waals surface area contributed by atoms with Gasteiger partial charge in [0.1, 0.15) is 4.90 Å². The van der Waals surface area contributed by atoms with E-state index < -0.39 is 10.0 Å². The highest BCUT2D eigenvalue weighted by Crippen LogP contribution is 2.28. The van der Waals surface area contributed by atoms with Crippen molar-refractivity contribution in [1.29, 1.82) is 0 Å². The lowest BCUT2D eigenvalue weighted by molar-refractivity contribution is -0.131. The number of amides is 1. The summed E-state index contributed by atoms with van der Waals surface area (Å²) >= 11 is 9.38. The van der Waals surface area contributed by atoms with Crippen LogP contribution in [0.2, 0.25) is 5.02 Å². The Morgan fingerprint density at radius 3 is 2.31 bits per heavy atom. The molecular formula is C18H18BrClN2O3S. The second kappa shape index (κ2) is 8.08. The summed E-state index contributed by atoms with van der Waals surface area (Å²) in [5.41, 5.74) is 0.953. The van der Waals surface area contributed by atoms with Gasteiger partial charge >= 0.3 is 0 Å². The lowest BCUT2D eigenvalue weighted by atomic mass is 10.1. The molecule has 1 aliphatic heterocycles. The standard InChI is InChI=1S/C18H18BrClN2O3S/c19-15-6-7-17(16(20)13-15)26(24,25)22-10-8-21(9-11-22)18(23)12-14-4-2-1-3-5-14/h1-7,13H,8-12H2. The van der Waals surface area contributed by atoms with Crippen LogP contribution in [0.15, 0.2) is 57.9 Å². The molecule has 3 rings (SSSR count). The summed E-state index contributed by atoms with van der Waals surface area (Å²) < 4.78 is 27.7. The van der Waals surface area contributed by atoms with E-state index in [0.717, 1.165) is 10.0 Å². The number of piperazine rings is 1. The molecule has 2 aromatic rings. The monoisotopic (exact) mass is 456 g/mol. The minimum atomic E-state index is -3.67. The first kappa shape index (κ1) is 19.4. The van der Waals surface area contributed by atoms with Gasteiger partial charge in [-0.2, -0.15) is 4.31 Å². The highest BCUT2D eigenvalue weighted by molar-refractivity contribution is 9.10. The molecule has 1 heterocycles. The third-order valence-corrected chi connectivity index (χ3v) is 7.18. The molecule has 0 saturated carbocycles. The van der Waals surface area contributed by atoms with Crippen molar-refractivity contribution in [3.8, 4) is 0 Å². The zero-order valence-corrected chi connectivity index (χ0v) is 17.1. The Bertz CT molecular complexity index is 898. The summed E-state index contributed by atoms with van der Waals surface area (Å²) in [6, 6.07) is 14.2. The van der Waals surface area contributed by atoms with Gasteiger partial charge in [0, 0.05) is 30.7 Å². The number of hydrogen-bond donors (Lipinski definition) is 0. The Kier molecular flexibility index (Phi) is 6.02. The van der Waals surface area contributed by atoms with Gasteiger partial charge in [-0.1, -0.05) is 57.9 Å². The number of benzene rings is 2. The summed E-state index contributed by atoms with van der Waals surface area (Å²) in [4.78, 5) is 14.2. The Morgan fingerprint density at radius 1 is 1.04 bits per heavy atom. The van der Waals surface area contributed by atoms with Gasteiger partial charge < -0.3 is 4.90 Å². The van der Waals surface area contributed by atoms with Crippen LogP contribution in [0, 0.1) is 0 Å². The molecule has 0 N–H and O–H groups in total. The molecule has 1 fully saturated rings. The minimum absolute atomic E-state index is 0.00919. The number of rotatable bonds is 4. The zero-order valence-electron chi connectivity index (χ0n) is 13.9. The topological polar surface area (TPSA) is 57.7 Å². The normalized spacial score (nSPS) is 15.8. The Balaban J connectivity index is 1.65. The highest BCUT2D eigenvalue weighted by Gasteiger charge is 2.31. The molecule has 0 atom stereocenters. The van der Waals surface area contributed by atoms with Crippen LogP contribution in [0.3, 0.4) is 0 Å². The van der Waals surface area contributed by atoms with Crippen LogP contribution in [0.25, 0.3) is 0 Å². The van der Waals surface area contributed by atoms with Gasteiger partial charge in [-0.25, -0.2) is 8.42 Å². The molecule has 2 aromatic carbocycles.